The molecule has 1 rings (SSSR count). The van der Waals surface area contributed by atoms with Gasteiger partial charge in [-0.2, -0.15) is 0 Å². The molecule has 1 amide bonds. The topological polar surface area (TPSA) is 89.8 Å². The number of rotatable bonds is 5. The molecule has 2 unspecified atom stereocenters. The first kappa shape index (κ1) is 14.9. The molecule has 0 aliphatic rings. The van der Waals surface area contributed by atoms with Gasteiger partial charge in [0.25, 0.3) is 0 Å². The second-order valence-corrected chi connectivity index (χ2v) is 4.39. The smallest absolute Gasteiger partial charge is 0.216 e. The van der Waals surface area contributed by atoms with E-state index in [0.717, 1.165) is 0 Å². The molecule has 5 nitrogen and oxygen atoms in total. The third-order valence-electron chi connectivity index (χ3n) is 2.52. The van der Waals surface area contributed by atoms with Crippen LogP contribution >= 0.6 is 11.6 Å². The first-order valence-corrected chi connectivity index (χ1v) is 5.83. The van der Waals surface area contributed by atoms with Crippen molar-refractivity contribution in [3.05, 3.63) is 34.3 Å². The highest BCUT2D eigenvalue weighted by molar-refractivity contribution is 6.30. The van der Waals surface area contributed by atoms with Crippen LogP contribution in [0.1, 0.15) is 24.2 Å². The van der Waals surface area contributed by atoms with Crippen LogP contribution in [-0.4, -0.2) is 33.9 Å². The summed E-state index contributed by atoms with van der Waals surface area (Å²) in [6, 6.07) is 4.62. The summed E-state index contributed by atoms with van der Waals surface area (Å²) in [6.07, 6.45) is -2.35. The minimum absolute atomic E-state index is 0.0655. The van der Waals surface area contributed by atoms with Gasteiger partial charge in [0, 0.05) is 18.5 Å². The van der Waals surface area contributed by atoms with Gasteiger partial charge in [0.15, 0.2) is 0 Å². The largest absolute Gasteiger partial charge is 0.392 e. The molecule has 0 spiro atoms. The van der Waals surface area contributed by atoms with Crippen molar-refractivity contribution in [1.29, 1.82) is 0 Å². The van der Waals surface area contributed by atoms with E-state index < -0.39 is 12.2 Å². The maximum absolute atomic E-state index is 10.7. The Morgan fingerprint density at radius 2 is 2.11 bits per heavy atom. The molecule has 0 fully saturated rings. The van der Waals surface area contributed by atoms with Gasteiger partial charge in [0.2, 0.25) is 5.91 Å². The molecule has 0 aromatic heterocycles. The Morgan fingerprint density at radius 3 is 2.67 bits per heavy atom. The van der Waals surface area contributed by atoms with Crippen LogP contribution in [0.15, 0.2) is 18.2 Å². The Bertz CT molecular complexity index is 425. The highest BCUT2D eigenvalue weighted by Gasteiger charge is 2.21. The van der Waals surface area contributed by atoms with E-state index in [-0.39, 0.29) is 19.1 Å². The summed E-state index contributed by atoms with van der Waals surface area (Å²) in [7, 11) is 0. The monoisotopic (exact) mass is 273 g/mol. The van der Waals surface area contributed by atoms with Gasteiger partial charge in [0.05, 0.1) is 6.61 Å². The van der Waals surface area contributed by atoms with Gasteiger partial charge >= 0.3 is 0 Å². The molecule has 2 atom stereocenters. The lowest BCUT2D eigenvalue weighted by Gasteiger charge is -2.20. The number of benzene rings is 1. The number of nitrogens with one attached hydrogen (secondary N) is 1. The zero-order valence-electron chi connectivity index (χ0n) is 9.93. The number of aliphatic hydroxyl groups is 3. The molecule has 18 heavy (non-hydrogen) atoms. The van der Waals surface area contributed by atoms with Gasteiger partial charge in [0.1, 0.15) is 12.2 Å². The number of amides is 1. The Morgan fingerprint density at radius 1 is 1.44 bits per heavy atom. The number of hydrogen-bond donors (Lipinski definition) is 4. The van der Waals surface area contributed by atoms with Crippen LogP contribution in [0.25, 0.3) is 0 Å². The van der Waals surface area contributed by atoms with E-state index in [0.29, 0.717) is 16.1 Å². The van der Waals surface area contributed by atoms with Crippen molar-refractivity contribution in [1.82, 2.24) is 5.32 Å². The number of carbonyl (C=O) groups excluding carboxylic acids is 1. The molecular weight excluding hydrogens is 258 g/mol. The second-order valence-electron chi connectivity index (χ2n) is 3.95. The van der Waals surface area contributed by atoms with Crippen molar-refractivity contribution in [2.75, 3.05) is 6.54 Å². The SMILES string of the molecule is CC(=O)NCC(O)C(O)c1ccc(Cl)cc1CO. The second kappa shape index (κ2) is 6.70. The highest BCUT2D eigenvalue weighted by atomic mass is 35.5. The number of hydrogen-bond acceptors (Lipinski definition) is 4. The van der Waals surface area contributed by atoms with Crippen molar-refractivity contribution in [2.24, 2.45) is 0 Å². The minimum atomic E-state index is -1.20. The fourth-order valence-electron chi connectivity index (χ4n) is 1.57. The molecule has 6 heteroatoms. The third-order valence-corrected chi connectivity index (χ3v) is 2.75. The van der Waals surface area contributed by atoms with Gasteiger partial charge < -0.3 is 20.6 Å². The first-order valence-electron chi connectivity index (χ1n) is 5.45. The normalized spacial score (nSPS) is 14.1. The molecular formula is C12H16ClNO4. The summed E-state index contributed by atoms with van der Waals surface area (Å²) in [5.41, 5.74) is 0.830. The van der Waals surface area contributed by atoms with Gasteiger partial charge in [-0.3, -0.25) is 4.79 Å². The maximum Gasteiger partial charge on any atom is 0.216 e. The molecule has 0 saturated heterocycles. The van der Waals surface area contributed by atoms with Crippen LogP contribution in [0, 0.1) is 0 Å². The molecule has 0 saturated carbocycles. The van der Waals surface area contributed by atoms with Crippen molar-refractivity contribution in [2.45, 2.75) is 25.7 Å². The molecule has 0 radical (unpaired) electrons. The summed E-state index contributed by atoms with van der Waals surface area (Å²) in [5.74, 6) is -0.292. The van der Waals surface area contributed by atoms with E-state index in [9.17, 15) is 20.1 Å². The van der Waals surface area contributed by atoms with E-state index in [2.05, 4.69) is 5.32 Å². The van der Waals surface area contributed by atoms with Crippen molar-refractivity contribution in [3.8, 4) is 0 Å². The molecule has 0 bridgehead atoms. The van der Waals surface area contributed by atoms with Crippen molar-refractivity contribution < 1.29 is 20.1 Å². The third kappa shape index (κ3) is 3.96. The summed E-state index contributed by atoms with van der Waals surface area (Å²) >= 11 is 5.77. The van der Waals surface area contributed by atoms with Crippen LogP contribution in [-0.2, 0) is 11.4 Å². The van der Waals surface area contributed by atoms with E-state index in [1.807, 2.05) is 0 Å². The van der Waals surface area contributed by atoms with Gasteiger partial charge in [-0.15, -0.1) is 0 Å². The Labute approximate surface area is 110 Å². The van der Waals surface area contributed by atoms with Crippen molar-refractivity contribution >= 4 is 17.5 Å². The molecule has 0 aliphatic heterocycles. The Hall–Kier alpha value is -1.14. The van der Waals surface area contributed by atoms with Crippen LogP contribution in [0.3, 0.4) is 0 Å². The molecule has 0 heterocycles. The van der Waals surface area contributed by atoms with Crippen LogP contribution < -0.4 is 5.32 Å². The lowest BCUT2D eigenvalue weighted by Crippen LogP contribution is -2.34. The van der Waals surface area contributed by atoms with Crippen molar-refractivity contribution in [3.63, 3.8) is 0 Å². The summed E-state index contributed by atoms with van der Waals surface area (Å²) in [4.78, 5) is 10.7. The number of halogens is 1. The minimum Gasteiger partial charge on any atom is -0.392 e. The molecule has 0 aliphatic carbocycles. The van der Waals surface area contributed by atoms with E-state index >= 15 is 0 Å². The summed E-state index contributed by atoms with van der Waals surface area (Å²) in [5, 5.41) is 31.7. The number of carbonyl (C=O) groups is 1. The molecule has 100 valence electrons. The Kier molecular flexibility index (Phi) is 5.55. The first-order chi connectivity index (χ1) is 8.45. The van der Waals surface area contributed by atoms with E-state index in [4.69, 9.17) is 11.6 Å². The van der Waals surface area contributed by atoms with E-state index in [1.54, 1.807) is 6.07 Å². The van der Waals surface area contributed by atoms with E-state index in [1.165, 1.54) is 19.1 Å². The van der Waals surface area contributed by atoms with Crippen LogP contribution in [0.5, 0.6) is 0 Å². The standard InChI is InChI=1S/C12H16ClNO4/c1-7(16)14-5-11(17)12(18)10-3-2-9(13)4-8(10)6-15/h2-4,11-12,15,17-18H,5-6H2,1H3,(H,14,16). The average Bonchev–Trinajstić information content (AvgIpc) is 2.34. The zero-order valence-corrected chi connectivity index (χ0v) is 10.7. The lowest BCUT2D eigenvalue weighted by atomic mass is 9.99. The predicted octanol–water partition coefficient (Wildman–Crippen LogP) is 0.363. The number of aliphatic hydroxyl groups excluding tert-OH is 3. The molecule has 1 aromatic rings. The zero-order chi connectivity index (χ0) is 13.7. The lowest BCUT2D eigenvalue weighted by molar-refractivity contribution is -0.119. The van der Waals surface area contributed by atoms with Crippen LogP contribution in [0.4, 0.5) is 0 Å². The summed E-state index contributed by atoms with van der Waals surface area (Å²) in [6.45, 7) is 0.963. The van der Waals surface area contributed by atoms with Crippen LogP contribution in [0.2, 0.25) is 5.02 Å². The summed E-state index contributed by atoms with van der Waals surface area (Å²) < 4.78 is 0. The molecule has 1 aromatic carbocycles. The molecule has 4 N–H and O–H groups in total. The van der Waals surface area contributed by atoms with Gasteiger partial charge in [-0.25, -0.2) is 0 Å². The quantitative estimate of drug-likeness (QED) is 0.624. The maximum atomic E-state index is 10.7. The van der Waals surface area contributed by atoms with Gasteiger partial charge in [-0.1, -0.05) is 17.7 Å². The average molecular weight is 274 g/mol. The van der Waals surface area contributed by atoms with Gasteiger partial charge in [-0.05, 0) is 23.3 Å². The highest BCUT2D eigenvalue weighted by Crippen LogP contribution is 2.24. The fraction of sp³-hybridized carbons (Fsp3) is 0.417. The predicted molar refractivity (Wildman–Crippen MR) is 67.0 cm³/mol. The Balaban J connectivity index is 2.82. The fourth-order valence-corrected chi connectivity index (χ4v) is 1.76.